The summed E-state index contributed by atoms with van der Waals surface area (Å²) in [6.07, 6.45) is 1.67. The summed E-state index contributed by atoms with van der Waals surface area (Å²) in [5.41, 5.74) is 0.605. The number of hydrogen-bond donors (Lipinski definition) is 2. The first-order valence-electron chi connectivity index (χ1n) is 5.82. The first-order valence-corrected chi connectivity index (χ1v) is 6.19. The van der Waals surface area contributed by atoms with Gasteiger partial charge < -0.3 is 10.4 Å². The first-order chi connectivity index (χ1) is 8.17. The van der Waals surface area contributed by atoms with E-state index in [2.05, 4.69) is 12.2 Å². The Morgan fingerprint density at radius 2 is 2.06 bits per heavy atom. The normalized spacial score (nSPS) is 12.2. The maximum atomic E-state index is 11.8. The highest BCUT2D eigenvalue weighted by atomic mass is 35.5. The predicted octanol–water partition coefficient (Wildman–Crippen LogP) is 2.48. The van der Waals surface area contributed by atoms with Gasteiger partial charge in [-0.1, -0.05) is 24.9 Å². The number of hydrogen-bond acceptors (Lipinski definition) is 2. The number of benzene rings is 1. The van der Waals surface area contributed by atoms with E-state index in [1.807, 2.05) is 0 Å². The van der Waals surface area contributed by atoms with Crippen molar-refractivity contribution in [2.75, 3.05) is 13.2 Å². The van der Waals surface area contributed by atoms with Crippen molar-refractivity contribution in [3.8, 4) is 0 Å². The zero-order valence-corrected chi connectivity index (χ0v) is 10.7. The SMILES string of the molecule is CCC(CCO)CNC(=O)c1ccc(Cl)cc1. The monoisotopic (exact) mass is 255 g/mol. The van der Waals surface area contributed by atoms with Gasteiger partial charge in [0, 0.05) is 23.7 Å². The zero-order chi connectivity index (χ0) is 12.7. The molecule has 0 saturated carbocycles. The third-order valence-corrected chi connectivity index (χ3v) is 3.02. The van der Waals surface area contributed by atoms with Crippen LogP contribution in [0.1, 0.15) is 30.1 Å². The van der Waals surface area contributed by atoms with Gasteiger partial charge in [0.25, 0.3) is 5.91 Å². The smallest absolute Gasteiger partial charge is 0.251 e. The average molecular weight is 256 g/mol. The van der Waals surface area contributed by atoms with Crippen molar-refractivity contribution in [1.29, 1.82) is 0 Å². The molecule has 1 rings (SSSR count). The van der Waals surface area contributed by atoms with E-state index in [1.54, 1.807) is 24.3 Å². The summed E-state index contributed by atoms with van der Waals surface area (Å²) < 4.78 is 0. The Kier molecular flexibility index (Phi) is 6.01. The topological polar surface area (TPSA) is 49.3 Å². The number of carbonyl (C=O) groups is 1. The minimum absolute atomic E-state index is 0.0990. The van der Waals surface area contributed by atoms with E-state index >= 15 is 0 Å². The van der Waals surface area contributed by atoms with Crippen LogP contribution in [0, 0.1) is 5.92 Å². The molecule has 0 aliphatic carbocycles. The maximum absolute atomic E-state index is 11.8. The molecule has 0 bridgehead atoms. The number of carbonyl (C=O) groups excluding carboxylic acids is 1. The van der Waals surface area contributed by atoms with Gasteiger partial charge in [0.2, 0.25) is 0 Å². The minimum Gasteiger partial charge on any atom is -0.396 e. The van der Waals surface area contributed by atoms with E-state index in [0.717, 1.165) is 12.8 Å². The summed E-state index contributed by atoms with van der Waals surface area (Å²) in [6, 6.07) is 6.79. The molecule has 1 atom stereocenters. The van der Waals surface area contributed by atoms with Gasteiger partial charge in [0.1, 0.15) is 0 Å². The fourth-order valence-corrected chi connectivity index (χ4v) is 1.70. The fraction of sp³-hybridized carbons (Fsp3) is 0.462. The summed E-state index contributed by atoms with van der Waals surface area (Å²) >= 11 is 5.75. The summed E-state index contributed by atoms with van der Waals surface area (Å²) in [7, 11) is 0. The fourth-order valence-electron chi connectivity index (χ4n) is 1.57. The molecule has 1 unspecified atom stereocenters. The molecule has 3 nitrogen and oxygen atoms in total. The second-order valence-electron chi connectivity index (χ2n) is 4.00. The second-order valence-corrected chi connectivity index (χ2v) is 4.44. The number of aliphatic hydroxyl groups is 1. The number of amides is 1. The van der Waals surface area contributed by atoms with Crippen LogP contribution in [0.2, 0.25) is 5.02 Å². The second kappa shape index (κ2) is 7.30. The van der Waals surface area contributed by atoms with Crippen LogP contribution in [0.5, 0.6) is 0 Å². The van der Waals surface area contributed by atoms with Crippen LogP contribution >= 0.6 is 11.6 Å². The lowest BCUT2D eigenvalue weighted by Crippen LogP contribution is -2.29. The van der Waals surface area contributed by atoms with Gasteiger partial charge in [-0.2, -0.15) is 0 Å². The quantitative estimate of drug-likeness (QED) is 0.821. The lowest BCUT2D eigenvalue weighted by molar-refractivity contribution is 0.0943. The zero-order valence-electron chi connectivity index (χ0n) is 9.95. The van der Waals surface area contributed by atoms with Crippen LogP contribution in [0.4, 0.5) is 0 Å². The van der Waals surface area contributed by atoms with Crippen molar-refractivity contribution in [1.82, 2.24) is 5.32 Å². The van der Waals surface area contributed by atoms with Gasteiger partial charge >= 0.3 is 0 Å². The Hall–Kier alpha value is -1.06. The Balaban J connectivity index is 2.46. The lowest BCUT2D eigenvalue weighted by Gasteiger charge is -2.14. The number of rotatable bonds is 6. The number of aliphatic hydroxyl groups excluding tert-OH is 1. The van der Waals surface area contributed by atoms with E-state index in [4.69, 9.17) is 16.7 Å². The van der Waals surface area contributed by atoms with E-state index in [9.17, 15) is 4.79 Å². The van der Waals surface area contributed by atoms with Crippen molar-refractivity contribution in [2.45, 2.75) is 19.8 Å². The highest BCUT2D eigenvalue weighted by Gasteiger charge is 2.09. The molecular formula is C13H18ClNO2. The molecule has 0 spiro atoms. The molecule has 0 heterocycles. The molecule has 0 radical (unpaired) electrons. The largest absolute Gasteiger partial charge is 0.396 e. The van der Waals surface area contributed by atoms with Crippen LogP contribution in [-0.2, 0) is 0 Å². The maximum Gasteiger partial charge on any atom is 0.251 e. The molecule has 1 amide bonds. The molecule has 94 valence electrons. The molecule has 1 aromatic carbocycles. The molecule has 0 aliphatic rings. The highest BCUT2D eigenvalue weighted by Crippen LogP contribution is 2.10. The lowest BCUT2D eigenvalue weighted by atomic mass is 10.0. The van der Waals surface area contributed by atoms with Gasteiger partial charge in [-0.05, 0) is 36.6 Å². The molecular weight excluding hydrogens is 238 g/mol. The van der Waals surface area contributed by atoms with Crippen LogP contribution < -0.4 is 5.32 Å². The van der Waals surface area contributed by atoms with Crippen molar-refractivity contribution in [3.05, 3.63) is 34.9 Å². The number of nitrogens with one attached hydrogen (secondary N) is 1. The third-order valence-electron chi connectivity index (χ3n) is 2.77. The van der Waals surface area contributed by atoms with Crippen molar-refractivity contribution in [3.63, 3.8) is 0 Å². The molecule has 0 saturated heterocycles. The Labute approximate surface area is 107 Å². The molecule has 0 aromatic heterocycles. The Morgan fingerprint density at radius 1 is 1.41 bits per heavy atom. The van der Waals surface area contributed by atoms with Crippen LogP contribution in [0.3, 0.4) is 0 Å². The van der Waals surface area contributed by atoms with Crippen LogP contribution in [-0.4, -0.2) is 24.2 Å². The summed E-state index contributed by atoms with van der Waals surface area (Å²) in [6.45, 7) is 2.81. The molecule has 0 fully saturated rings. The molecule has 2 N–H and O–H groups in total. The minimum atomic E-state index is -0.0990. The standard InChI is InChI=1S/C13H18ClNO2/c1-2-10(7-8-16)9-15-13(17)11-3-5-12(14)6-4-11/h3-6,10,16H,2,7-9H2,1H3,(H,15,17). The highest BCUT2D eigenvalue weighted by molar-refractivity contribution is 6.30. The van der Waals surface area contributed by atoms with Crippen molar-refractivity contribution in [2.24, 2.45) is 5.92 Å². The molecule has 1 aromatic rings. The van der Waals surface area contributed by atoms with E-state index < -0.39 is 0 Å². The molecule has 4 heteroatoms. The summed E-state index contributed by atoms with van der Waals surface area (Å²) in [5, 5.41) is 12.3. The molecule has 17 heavy (non-hydrogen) atoms. The van der Waals surface area contributed by atoms with E-state index in [0.29, 0.717) is 23.0 Å². The van der Waals surface area contributed by atoms with E-state index in [1.165, 1.54) is 0 Å². The van der Waals surface area contributed by atoms with Gasteiger partial charge in [0.15, 0.2) is 0 Å². The van der Waals surface area contributed by atoms with E-state index in [-0.39, 0.29) is 12.5 Å². The Bertz CT molecular complexity index is 351. The third kappa shape index (κ3) is 4.75. The van der Waals surface area contributed by atoms with Gasteiger partial charge in [0.05, 0.1) is 0 Å². The van der Waals surface area contributed by atoms with Crippen LogP contribution in [0.25, 0.3) is 0 Å². The number of halogens is 1. The van der Waals surface area contributed by atoms with Crippen LogP contribution in [0.15, 0.2) is 24.3 Å². The van der Waals surface area contributed by atoms with Gasteiger partial charge in [-0.15, -0.1) is 0 Å². The average Bonchev–Trinajstić information content (AvgIpc) is 2.35. The van der Waals surface area contributed by atoms with Gasteiger partial charge in [-0.25, -0.2) is 0 Å². The molecule has 0 aliphatic heterocycles. The Morgan fingerprint density at radius 3 is 2.59 bits per heavy atom. The predicted molar refractivity (Wildman–Crippen MR) is 69.3 cm³/mol. The first kappa shape index (κ1) is 14.0. The summed E-state index contributed by atoms with van der Waals surface area (Å²) in [4.78, 5) is 11.8. The van der Waals surface area contributed by atoms with Crippen molar-refractivity contribution >= 4 is 17.5 Å². The van der Waals surface area contributed by atoms with Gasteiger partial charge in [-0.3, -0.25) is 4.79 Å². The van der Waals surface area contributed by atoms with Crippen molar-refractivity contribution < 1.29 is 9.90 Å². The summed E-state index contributed by atoms with van der Waals surface area (Å²) in [5.74, 6) is 0.231.